The minimum atomic E-state index is -4.60. The summed E-state index contributed by atoms with van der Waals surface area (Å²) in [6.45, 7) is 4.78. The second kappa shape index (κ2) is 8.07. The molecule has 0 saturated carbocycles. The number of pyridine rings is 1. The lowest BCUT2D eigenvalue weighted by Crippen LogP contribution is -2.44. The van der Waals surface area contributed by atoms with Crippen molar-refractivity contribution in [3.8, 4) is 5.75 Å². The lowest BCUT2D eigenvalue weighted by Gasteiger charge is -2.12. The maximum absolute atomic E-state index is 12.6. The van der Waals surface area contributed by atoms with Gasteiger partial charge in [0.2, 0.25) is 0 Å². The fourth-order valence-electron chi connectivity index (χ4n) is 2.14. The van der Waals surface area contributed by atoms with Crippen molar-refractivity contribution in [1.82, 2.24) is 15.8 Å². The first-order valence-electron chi connectivity index (χ1n) is 7.92. The lowest BCUT2D eigenvalue weighted by atomic mass is 10.1. The highest BCUT2D eigenvalue weighted by Gasteiger charge is 2.33. The number of benzene rings is 1. The summed E-state index contributed by atoms with van der Waals surface area (Å²) in [5.74, 6) is -0.908. The minimum Gasteiger partial charge on any atom is -0.484 e. The highest BCUT2D eigenvalue weighted by Crippen LogP contribution is 2.28. The fraction of sp³-hybridized carbons (Fsp3) is 0.278. The van der Waals surface area contributed by atoms with Crippen molar-refractivity contribution in [2.75, 3.05) is 6.61 Å². The van der Waals surface area contributed by atoms with Gasteiger partial charge in [-0.2, -0.15) is 13.2 Å². The van der Waals surface area contributed by atoms with Gasteiger partial charge in [0.1, 0.15) is 11.4 Å². The summed E-state index contributed by atoms with van der Waals surface area (Å²) in [5.41, 5.74) is 5.05. The normalized spacial score (nSPS) is 11.0. The number of nitrogens with zero attached hydrogens (tertiary/aromatic N) is 1. The summed E-state index contributed by atoms with van der Waals surface area (Å²) in [6.07, 6.45) is -4.60. The Hall–Kier alpha value is -3.10. The monoisotopic (exact) mass is 381 g/mol. The van der Waals surface area contributed by atoms with E-state index < -0.39 is 23.7 Å². The van der Waals surface area contributed by atoms with Crippen molar-refractivity contribution in [2.24, 2.45) is 0 Å². The molecule has 2 aromatic rings. The number of carbonyl (C=O) groups excluding carboxylic acids is 2. The molecule has 27 heavy (non-hydrogen) atoms. The molecule has 0 atom stereocenters. The van der Waals surface area contributed by atoms with Crippen molar-refractivity contribution in [3.63, 3.8) is 0 Å². The average molecular weight is 381 g/mol. The first-order chi connectivity index (χ1) is 12.6. The van der Waals surface area contributed by atoms with Gasteiger partial charge in [0, 0.05) is 0 Å². The van der Waals surface area contributed by atoms with E-state index in [4.69, 9.17) is 4.74 Å². The maximum Gasteiger partial charge on any atom is 0.433 e. The van der Waals surface area contributed by atoms with Crippen LogP contribution in [-0.2, 0) is 11.0 Å². The van der Waals surface area contributed by atoms with E-state index in [-0.39, 0.29) is 17.9 Å². The van der Waals surface area contributed by atoms with Crippen LogP contribution in [0.2, 0.25) is 0 Å². The minimum absolute atomic E-state index is 0.0848. The van der Waals surface area contributed by atoms with Gasteiger partial charge in [0.15, 0.2) is 6.61 Å². The van der Waals surface area contributed by atoms with Crippen molar-refractivity contribution in [3.05, 3.63) is 58.4 Å². The topological polar surface area (TPSA) is 80.3 Å². The number of aryl methyl sites for hydroxylation is 3. The van der Waals surface area contributed by atoms with Crippen LogP contribution in [0.5, 0.6) is 5.75 Å². The maximum atomic E-state index is 12.6. The summed E-state index contributed by atoms with van der Waals surface area (Å²) >= 11 is 0. The van der Waals surface area contributed by atoms with Gasteiger partial charge in [0.05, 0.1) is 11.3 Å². The van der Waals surface area contributed by atoms with Gasteiger partial charge in [0.25, 0.3) is 11.8 Å². The SMILES string of the molecule is Cc1ccc(OCC(=O)NNC(=O)c2ccc(C(F)(F)F)nc2C)cc1C. The predicted octanol–water partition coefficient (Wildman–Crippen LogP) is 2.87. The zero-order valence-electron chi connectivity index (χ0n) is 14.9. The molecule has 0 aliphatic carbocycles. The molecule has 1 heterocycles. The molecule has 0 saturated heterocycles. The number of hydrogen-bond donors (Lipinski definition) is 2. The van der Waals surface area contributed by atoms with Gasteiger partial charge in [-0.3, -0.25) is 20.4 Å². The molecule has 2 rings (SSSR count). The van der Waals surface area contributed by atoms with E-state index in [0.29, 0.717) is 11.8 Å². The third kappa shape index (κ3) is 5.44. The molecule has 144 valence electrons. The largest absolute Gasteiger partial charge is 0.484 e. The number of aromatic nitrogens is 1. The summed E-state index contributed by atoms with van der Waals surface area (Å²) in [5, 5.41) is 0. The standard InChI is InChI=1S/C18H18F3N3O3/c1-10-4-5-13(8-11(10)2)27-9-16(25)23-24-17(26)14-6-7-15(18(19,20)21)22-12(14)3/h4-8H,9H2,1-3H3,(H,23,25)(H,24,26). The third-order valence-electron chi connectivity index (χ3n) is 3.78. The number of halogens is 3. The summed E-state index contributed by atoms with van der Waals surface area (Å²) in [7, 11) is 0. The van der Waals surface area contributed by atoms with Crippen LogP contribution in [0.15, 0.2) is 30.3 Å². The number of carbonyl (C=O) groups is 2. The predicted molar refractivity (Wildman–Crippen MR) is 91.0 cm³/mol. The van der Waals surface area contributed by atoms with E-state index in [1.807, 2.05) is 19.9 Å². The number of rotatable bonds is 4. The zero-order chi connectivity index (χ0) is 20.2. The van der Waals surface area contributed by atoms with Crippen LogP contribution in [-0.4, -0.2) is 23.4 Å². The van der Waals surface area contributed by atoms with Gasteiger partial charge in [-0.25, -0.2) is 4.98 Å². The third-order valence-corrected chi connectivity index (χ3v) is 3.78. The van der Waals surface area contributed by atoms with E-state index in [9.17, 15) is 22.8 Å². The van der Waals surface area contributed by atoms with Crippen LogP contribution in [0.3, 0.4) is 0 Å². The van der Waals surface area contributed by atoms with Crippen LogP contribution in [0.1, 0.15) is 32.9 Å². The van der Waals surface area contributed by atoms with E-state index in [1.165, 1.54) is 6.92 Å². The molecular formula is C18H18F3N3O3. The summed E-state index contributed by atoms with van der Waals surface area (Å²) in [4.78, 5) is 27.1. The molecular weight excluding hydrogens is 363 g/mol. The Morgan fingerprint density at radius 1 is 1.04 bits per heavy atom. The second-order valence-electron chi connectivity index (χ2n) is 5.86. The number of alkyl halides is 3. The number of amides is 2. The highest BCUT2D eigenvalue weighted by atomic mass is 19.4. The molecule has 2 amide bonds. The molecule has 2 N–H and O–H groups in total. The molecule has 0 aliphatic heterocycles. The van der Waals surface area contributed by atoms with Crippen molar-refractivity contribution in [1.29, 1.82) is 0 Å². The van der Waals surface area contributed by atoms with Crippen LogP contribution >= 0.6 is 0 Å². The molecule has 0 bridgehead atoms. The van der Waals surface area contributed by atoms with Crippen LogP contribution < -0.4 is 15.6 Å². The summed E-state index contributed by atoms with van der Waals surface area (Å²) < 4.78 is 43.1. The number of hydrazine groups is 1. The molecule has 0 radical (unpaired) electrons. The molecule has 0 spiro atoms. The Morgan fingerprint density at radius 2 is 1.74 bits per heavy atom. The van der Waals surface area contributed by atoms with Crippen LogP contribution in [0, 0.1) is 20.8 Å². The van der Waals surface area contributed by atoms with Gasteiger partial charge in [-0.1, -0.05) is 6.07 Å². The van der Waals surface area contributed by atoms with Gasteiger partial charge in [-0.05, 0) is 56.2 Å². The van der Waals surface area contributed by atoms with E-state index in [1.54, 1.807) is 12.1 Å². The van der Waals surface area contributed by atoms with Crippen molar-refractivity contribution < 1.29 is 27.5 Å². The van der Waals surface area contributed by atoms with Crippen LogP contribution in [0.4, 0.5) is 13.2 Å². The molecule has 6 nitrogen and oxygen atoms in total. The van der Waals surface area contributed by atoms with E-state index in [0.717, 1.165) is 17.2 Å². The quantitative estimate of drug-likeness (QED) is 0.798. The molecule has 1 aromatic carbocycles. The smallest absolute Gasteiger partial charge is 0.433 e. The fourth-order valence-corrected chi connectivity index (χ4v) is 2.14. The molecule has 0 aliphatic rings. The molecule has 9 heteroatoms. The summed E-state index contributed by atoms with van der Waals surface area (Å²) in [6, 6.07) is 7.04. The van der Waals surface area contributed by atoms with E-state index >= 15 is 0 Å². The van der Waals surface area contributed by atoms with Crippen LogP contribution in [0.25, 0.3) is 0 Å². The highest BCUT2D eigenvalue weighted by molar-refractivity contribution is 5.96. The Bertz CT molecular complexity index is 867. The van der Waals surface area contributed by atoms with Crippen molar-refractivity contribution in [2.45, 2.75) is 26.9 Å². The second-order valence-corrected chi connectivity index (χ2v) is 5.86. The van der Waals surface area contributed by atoms with E-state index in [2.05, 4.69) is 15.8 Å². The Balaban J connectivity index is 1.89. The Kier molecular flexibility index (Phi) is 6.04. The number of nitrogens with one attached hydrogen (secondary N) is 2. The first-order valence-corrected chi connectivity index (χ1v) is 7.92. The van der Waals surface area contributed by atoms with Gasteiger partial charge >= 0.3 is 6.18 Å². The Labute approximate surface area is 153 Å². The molecule has 0 unspecified atom stereocenters. The van der Waals surface area contributed by atoms with Crippen molar-refractivity contribution >= 4 is 11.8 Å². The Morgan fingerprint density at radius 3 is 2.33 bits per heavy atom. The first kappa shape index (κ1) is 20.2. The van der Waals surface area contributed by atoms with Gasteiger partial charge < -0.3 is 4.74 Å². The molecule has 1 aromatic heterocycles. The number of hydrogen-bond acceptors (Lipinski definition) is 4. The lowest BCUT2D eigenvalue weighted by molar-refractivity contribution is -0.141. The number of ether oxygens (including phenoxy) is 1. The zero-order valence-corrected chi connectivity index (χ0v) is 14.9. The average Bonchev–Trinajstić information content (AvgIpc) is 2.59. The van der Waals surface area contributed by atoms with Gasteiger partial charge in [-0.15, -0.1) is 0 Å². The molecule has 0 fully saturated rings.